The second-order valence-corrected chi connectivity index (χ2v) is 6.46. The van der Waals surface area contributed by atoms with Crippen LogP contribution in [0.4, 0.5) is 0 Å². The zero-order valence-electron chi connectivity index (χ0n) is 13.3. The van der Waals surface area contributed by atoms with Gasteiger partial charge in [-0.05, 0) is 22.6 Å². The number of rotatable bonds is 5. The Kier molecular flexibility index (Phi) is 4.02. The quantitative estimate of drug-likeness (QED) is 0.535. The first-order valence-electron chi connectivity index (χ1n) is 7.58. The van der Waals surface area contributed by atoms with E-state index in [4.69, 9.17) is 0 Å². The standard InChI is InChI=1S/C15H14N8OS/c1-22-15(18-19-21-22)25-7-6-23-9-13(17-20-23)12-8-14(24)10-4-2-3-5-11(10)16-12/h2-5,8-9H,6-7H2,1H3,(H,16,24). The van der Waals surface area contributed by atoms with Crippen LogP contribution in [0.5, 0.6) is 0 Å². The highest BCUT2D eigenvalue weighted by atomic mass is 32.2. The average Bonchev–Trinajstić information content (AvgIpc) is 3.25. The Morgan fingerprint density at radius 3 is 2.92 bits per heavy atom. The molecule has 0 spiro atoms. The molecule has 4 rings (SSSR count). The zero-order valence-corrected chi connectivity index (χ0v) is 14.1. The highest BCUT2D eigenvalue weighted by molar-refractivity contribution is 7.99. The Labute approximate surface area is 146 Å². The molecule has 0 saturated carbocycles. The third-order valence-corrected chi connectivity index (χ3v) is 4.68. The van der Waals surface area contributed by atoms with Gasteiger partial charge in [-0.3, -0.25) is 9.48 Å². The molecule has 3 aromatic heterocycles. The number of nitrogens with one attached hydrogen (secondary N) is 1. The van der Waals surface area contributed by atoms with Gasteiger partial charge in [-0.2, -0.15) is 0 Å². The summed E-state index contributed by atoms with van der Waals surface area (Å²) in [6.45, 7) is 0.655. The lowest BCUT2D eigenvalue weighted by Gasteiger charge is -2.01. The average molecular weight is 354 g/mol. The van der Waals surface area contributed by atoms with E-state index in [1.165, 1.54) is 11.8 Å². The van der Waals surface area contributed by atoms with Crippen LogP contribution in [0.3, 0.4) is 0 Å². The highest BCUT2D eigenvalue weighted by Gasteiger charge is 2.09. The summed E-state index contributed by atoms with van der Waals surface area (Å²) in [7, 11) is 1.80. The van der Waals surface area contributed by atoms with Crippen LogP contribution in [0.1, 0.15) is 0 Å². The highest BCUT2D eigenvalue weighted by Crippen LogP contribution is 2.16. The van der Waals surface area contributed by atoms with Gasteiger partial charge in [0.25, 0.3) is 0 Å². The van der Waals surface area contributed by atoms with Gasteiger partial charge in [0, 0.05) is 29.8 Å². The molecule has 0 unspecified atom stereocenters. The van der Waals surface area contributed by atoms with E-state index in [1.54, 1.807) is 28.5 Å². The van der Waals surface area contributed by atoms with Gasteiger partial charge in [0.05, 0.1) is 18.4 Å². The summed E-state index contributed by atoms with van der Waals surface area (Å²) in [5.41, 5.74) is 2.03. The van der Waals surface area contributed by atoms with E-state index in [9.17, 15) is 4.79 Å². The van der Waals surface area contributed by atoms with Crippen LogP contribution in [0.2, 0.25) is 0 Å². The van der Waals surface area contributed by atoms with Crippen molar-refractivity contribution < 1.29 is 0 Å². The fourth-order valence-electron chi connectivity index (χ4n) is 2.44. The van der Waals surface area contributed by atoms with Gasteiger partial charge in [0.1, 0.15) is 5.69 Å². The van der Waals surface area contributed by atoms with Gasteiger partial charge in [-0.15, -0.1) is 10.2 Å². The van der Waals surface area contributed by atoms with Crippen molar-refractivity contribution in [1.29, 1.82) is 0 Å². The van der Waals surface area contributed by atoms with Gasteiger partial charge in [-0.25, -0.2) is 4.68 Å². The predicted octanol–water partition coefficient (Wildman–Crippen LogP) is 1.10. The maximum atomic E-state index is 12.2. The molecule has 25 heavy (non-hydrogen) atoms. The van der Waals surface area contributed by atoms with Crippen molar-refractivity contribution in [3.05, 3.63) is 46.8 Å². The summed E-state index contributed by atoms with van der Waals surface area (Å²) in [6, 6.07) is 8.95. The van der Waals surface area contributed by atoms with Crippen LogP contribution in [-0.4, -0.2) is 45.9 Å². The summed E-state index contributed by atoms with van der Waals surface area (Å²) in [5.74, 6) is 0.755. The number of pyridine rings is 1. The Morgan fingerprint density at radius 2 is 2.08 bits per heavy atom. The molecule has 3 heterocycles. The molecular weight excluding hydrogens is 340 g/mol. The molecule has 1 aromatic carbocycles. The lowest BCUT2D eigenvalue weighted by molar-refractivity contribution is 0.629. The molecule has 0 radical (unpaired) electrons. The first kappa shape index (κ1) is 15.5. The maximum absolute atomic E-state index is 12.2. The van der Waals surface area contributed by atoms with Crippen LogP contribution in [0, 0.1) is 0 Å². The molecule has 1 N–H and O–H groups in total. The van der Waals surface area contributed by atoms with Crippen molar-refractivity contribution in [2.75, 3.05) is 5.75 Å². The second-order valence-electron chi connectivity index (χ2n) is 5.39. The molecule has 0 aliphatic carbocycles. The Morgan fingerprint density at radius 1 is 1.20 bits per heavy atom. The fourth-order valence-corrected chi connectivity index (χ4v) is 3.22. The normalized spacial score (nSPS) is 11.2. The van der Waals surface area contributed by atoms with Crippen molar-refractivity contribution >= 4 is 22.7 Å². The van der Waals surface area contributed by atoms with Crippen molar-refractivity contribution in [3.63, 3.8) is 0 Å². The SMILES string of the molecule is Cn1nnnc1SCCn1cc(-c2cc(=O)c3ccccc3[nH]2)nn1. The predicted molar refractivity (Wildman–Crippen MR) is 93.1 cm³/mol. The summed E-state index contributed by atoms with van der Waals surface area (Å²) in [4.78, 5) is 15.4. The van der Waals surface area contributed by atoms with Crippen molar-refractivity contribution in [1.82, 2.24) is 40.2 Å². The summed E-state index contributed by atoms with van der Waals surface area (Å²) >= 11 is 1.54. The van der Waals surface area contributed by atoms with E-state index in [1.807, 2.05) is 24.4 Å². The minimum absolute atomic E-state index is 0.0377. The van der Waals surface area contributed by atoms with E-state index in [0.717, 1.165) is 16.4 Å². The molecule has 0 saturated heterocycles. The molecule has 9 nitrogen and oxygen atoms in total. The molecule has 0 aliphatic rings. The number of nitrogens with zero attached hydrogens (tertiary/aromatic N) is 7. The lowest BCUT2D eigenvalue weighted by atomic mass is 10.2. The Balaban J connectivity index is 1.51. The van der Waals surface area contributed by atoms with Crippen molar-refractivity contribution in [2.45, 2.75) is 11.7 Å². The third kappa shape index (κ3) is 3.15. The van der Waals surface area contributed by atoms with Crippen molar-refractivity contribution in [3.8, 4) is 11.4 Å². The lowest BCUT2D eigenvalue weighted by Crippen LogP contribution is -2.03. The molecular formula is C15H14N8OS. The van der Waals surface area contributed by atoms with Gasteiger partial charge in [0.15, 0.2) is 5.43 Å². The number of H-pyrrole nitrogens is 1. The molecule has 0 atom stereocenters. The zero-order chi connectivity index (χ0) is 17.2. The number of aryl methyl sites for hydroxylation is 2. The monoisotopic (exact) mass is 354 g/mol. The Hall–Kier alpha value is -3.01. The first-order valence-corrected chi connectivity index (χ1v) is 8.57. The van der Waals surface area contributed by atoms with Gasteiger partial charge in [-0.1, -0.05) is 29.1 Å². The Bertz CT molecular complexity index is 1080. The number of hydrogen-bond donors (Lipinski definition) is 1. The molecule has 126 valence electrons. The van der Waals surface area contributed by atoms with Crippen LogP contribution >= 0.6 is 11.8 Å². The largest absolute Gasteiger partial charge is 0.353 e. The minimum Gasteiger partial charge on any atom is -0.353 e. The number of para-hydroxylation sites is 1. The van der Waals surface area contributed by atoms with Crippen LogP contribution in [0.15, 0.2) is 46.5 Å². The smallest absolute Gasteiger partial charge is 0.209 e. The maximum Gasteiger partial charge on any atom is 0.209 e. The number of hydrogen-bond acceptors (Lipinski definition) is 7. The van der Waals surface area contributed by atoms with Crippen LogP contribution in [0.25, 0.3) is 22.3 Å². The van der Waals surface area contributed by atoms with Gasteiger partial charge >= 0.3 is 0 Å². The number of fused-ring (bicyclic) bond motifs is 1. The van der Waals surface area contributed by atoms with E-state index < -0.39 is 0 Å². The number of benzene rings is 1. The summed E-state index contributed by atoms with van der Waals surface area (Å²) in [6.07, 6.45) is 1.82. The van der Waals surface area contributed by atoms with E-state index >= 15 is 0 Å². The van der Waals surface area contributed by atoms with Crippen LogP contribution in [-0.2, 0) is 13.6 Å². The molecule has 0 fully saturated rings. The first-order chi connectivity index (χ1) is 12.2. The fraction of sp³-hybridized carbons (Fsp3) is 0.200. The molecule has 0 bridgehead atoms. The number of aromatic amines is 1. The van der Waals surface area contributed by atoms with Gasteiger partial charge < -0.3 is 4.98 Å². The number of tetrazole rings is 1. The molecule has 0 aliphatic heterocycles. The minimum atomic E-state index is -0.0377. The molecule has 0 amide bonds. The van der Waals surface area contributed by atoms with Crippen LogP contribution < -0.4 is 5.43 Å². The summed E-state index contributed by atoms with van der Waals surface area (Å²) < 4.78 is 3.36. The molecule has 4 aromatic rings. The van der Waals surface area contributed by atoms with E-state index in [2.05, 4.69) is 30.8 Å². The third-order valence-electron chi connectivity index (χ3n) is 3.68. The number of thioether (sulfide) groups is 1. The number of aromatic nitrogens is 8. The van der Waals surface area contributed by atoms with Crippen molar-refractivity contribution in [2.24, 2.45) is 7.05 Å². The van der Waals surface area contributed by atoms with Gasteiger partial charge in [0.2, 0.25) is 5.16 Å². The van der Waals surface area contributed by atoms with E-state index in [-0.39, 0.29) is 5.43 Å². The molecule has 10 heteroatoms. The summed E-state index contributed by atoms with van der Waals surface area (Å²) in [5, 5.41) is 21.0. The topological polar surface area (TPSA) is 107 Å². The van der Waals surface area contributed by atoms with E-state index in [0.29, 0.717) is 23.3 Å². The second kappa shape index (κ2) is 6.48.